The highest BCUT2D eigenvalue weighted by atomic mass is 28.2. The van der Waals surface area contributed by atoms with Crippen LogP contribution in [-0.4, -0.2) is 51.9 Å². The number of alkyl halides is 1. The van der Waals surface area contributed by atoms with E-state index in [9.17, 15) is 4.39 Å². The van der Waals surface area contributed by atoms with Crippen molar-refractivity contribution < 1.29 is 4.39 Å². The molecule has 3 aliphatic rings. The van der Waals surface area contributed by atoms with Crippen LogP contribution in [0.15, 0.2) is 48.8 Å². The van der Waals surface area contributed by atoms with E-state index in [1.54, 1.807) is 0 Å². The van der Waals surface area contributed by atoms with Crippen LogP contribution in [0.4, 0.5) is 4.39 Å². The summed E-state index contributed by atoms with van der Waals surface area (Å²) < 4.78 is 15.6. The van der Waals surface area contributed by atoms with Gasteiger partial charge < -0.3 is 10.3 Å². The molecule has 9 heteroatoms. The van der Waals surface area contributed by atoms with Gasteiger partial charge in [0.05, 0.1) is 34.0 Å². The Hall–Kier alpha value is -3.30. The molecule has 0 amide bonds. The SMILES string of the molecule is C[Si]c1cc(-c2cn(Cc3ccc4cc(CNCC56CC(F)(C5)C6)[nH]c4c3)nn2)c2cn[nH]c2c1. The topological polar surface area (TPSA) is 87.2 Å². The fourth-order valence-electron chi connectivity index (χ4n) is 6.03. The highest BCUT2D eigenvalue weighted by Crippen LogP contribution is 2.69. The summed E-state index contributed by atoms with van der Waals surface area (Å²) in [5, 5.41) is 23.2. The van der Waals surface area contributed by atoms with Gasteiger partial charge in [-0.2, -0.15) is 5.10 Å². The predicted molar refractivity (Wildman–Crippen MR) is 136 cm³/mol. The minimum Gasteiger partial charge on any atom is -0.357 e. The Kier molecular flexibility index (Phi) is 4.56. The largest absolute Gasteiger partial charge is 0.357 e. The number of H-pyrrole nitrogens is 2. The summed E-state index contributed by atoms with van der Waals surface area (Å²) in [7, 11) is 0.698. The third-order valence-corrected chi connectivity index (χ3v) is 8.51. The third kappa shape index (κ3) is 3.61. The lowest BCUT2D eigenvalue weighted by Gasteiger charge is -2.66. The molecule has 3 fully saturated rings. The maximum atomic E-state index is 13.7. The van der Waals surface area contributed by atoms with Gasteiger partial charge >= 0.3 is 0 Å². The van der Waals surface area contributed by atoms with Crippen LogP contribution in [0.2, 0.25) is 6.55 Å². The van der Waals surface area contributed by atoms with Crippen LogP contribution in [0.5, 0.6) is 0 Å². The summed E-state index contributed by atoms with van der Waals surface area (Å²) in [5.74, 6) is 0. The molecule has 3 aliphatic carbocycles. The molecule has 3 heterocycles. The van der Waals surface area contributed by atoms with E-state index >= 15 is 0 Å². The van der Waals surface area contributed by atoms with E-state index in [0.717, 1.165) is 71.3 Å². The highest BCUT2D eigenvalue weighted by Gasteiger charge is 2.68. The molecule has 2 bridgehead atoms. The summed E-state index contributed by atoms with van der Waals surface area (Å²) >= 11 is 0. The first kappa shape index (κ1) is 21.0. The molecule has 2 aromatic carbocycles. The third-order valence-electron chi connectivity index (χ3n) is 7.64. The molecule has 0 spiro atoms. The van der Waals surface area contributed by atoms with Crippen LogP contribution in [0.3, 0.4) is 0 Å². The Balaban J connectivity index is 1.06. The standard InChI is InChI=1S/C26H26FN7Si/c1-35-19-6-20(21-9-29-31-23(21)7-19)24-11-34(33-32-24)10-16-2-3-17-5-18(30-22(17)4-16)8-28-15-25-12-26(27,13-25)14-25/h2-7,9,11,28,30H,8,10,12-15H2,1H3,(H,29,31). The van der Waals surface area contributed by atoms with Gasteiger partial charge in [-0.15, -0.1) is 5.10 Å². The number of aromatic nitrogens is 6. The molecule has 0 saturated heterocycles. The molecule has 7 nitrogen and oxygen atoms in total. The number of nitrogens with zero attached hydrogens (tertiary/aromatic N) is 4. The Bertz CT molecular complexity index is 1540. The quantitative estimate of drug-likeness (QED) is 0.294. The van der Waals surface area contributed by atoms with Gasteiger partial charge in [0.25, 0.3) is 0 Å². The monoisotopic (exact) mass is 483 g/mol. The number of fused-ring (bicyclic) bond motifs is 2. The van der Waals surface area contributed by atoms with Crippen LogP contribution >= 0.6 is 0 Å². The summed E-state index contributed by atoms with van der Waals surface area (Å²) in [6.07, 6.45) is 6.08. The molecule has 8 rings (SSSR count). The number of nitrogens with one attached hydrogen (secondary N) is 3. The maximum Gasteiger partial charge on any atom is 0.113 e. The van der Waals surface area contributed by atoms with E-state index in [-0.39, 0.29) is 5.41 Å². The van der Waals surface area contributed by atoms with Gasteiger partial charge in [0.15, 0.2) is 0 Å². The fraction of sp³-hybridized carbons (Fsp3) is 0.346. The normalized spacial score (nSPS) is 23.0. The molecule has 5 aromatic rings. The van der Waals surface area contributed by atoms with E-state index < -0.39 is 5.67 Å². The van der Waals surface area contributed by atoms with Crippen molar-refractivity contribution >= 4 is 36.5 Å². The van der Waals surface area contributed by atoms with Gasteiger partial charge in [0.2, 0.25) is 0 Å². The van der Waals surface area contributed by atoms with E-state index in [1.807, 2.05) is 17.1 Å². The van der Waals surface area contributed by atoms with Crippen LogP contribution in [0.25, 0.3) is 33.1 Å². The number of aromatic amines is 2. The second-order valence-corrected chi connectivity index (χ2v) is 11.5. The Morgan fingerprint density at radius 2 is 2.03 bits per heavy atom. The van der Waals surface area contributed by atoms with E-state index in [2.05, 4.69) is 73.8 Å². The average Bonchev–Trinajstić information content (AvgIpc) is 3.55. The zero-order valence-corrected chi connectivity index (χ0v) is 20.5. The van der Waals surface area contributed by atoms with Crippen LogP contribution < -0.4 is 10.5 Å². The number of halogens is 1. The second-order valence-electron chi connectivity index (χ2n) is 10.4. The first-order valence-electron chi connectivity index (χ1n) is 12.1. The zero-order valence-electron chi connectivity index (χ0n) is 19.5. The van der Waals surface area contributed by atoms with Gasteiger partial charge in [-0.1, -0.05) is 35.1 Å². The van der Waals surface area contributed by atoms with Crippen LogP contribution in [0.1, 0.15) is 30.5 Å². The number of hydrogen-bond acceptors (Lipinski definition) is 4. The first-order chi connectivity index (χ1) is 17.0. The van der Waals surface area contributed by atoms with Crippen molar-refractivity contribution in [3.05, 3.63) is 60.0 Å². The highest BCUT2D eigenvalue weighted by molar-refractivity contribution is 6.52. The van der Waals surface area contributed by atoms with Gasteiger partial charge in [-0.3, -0.25) is 5.10 Å². The van der Waals surface area contributed by atoms with E-state index in [0.29, 0.717) is 16.1 Å². The van der Waals surface area contributed by atoms with Gasteiger partial charge in [0, 0.05) is 35.2 Å². The van der Waals surface area contributed by atoms with Crippen molar-refractivity contribution in [3.8, 4) is 11.3 Å². The average molecular weight is 484 g/mol. The van der Waals surface area contributed by atoms with Gasteiger partial charge in [-0.05, 0) is 53.8 Å². The van der Waals surface area contributed by atoms with Crippen molar-refractivity contribution in [2.24, 2.45) is 5.41 Å². The van der Waals surface area contributed by atoms with Crippen molar-refractivity contribution in [2.45, 2.75) is 44.6 Å². The predicted octanol–water partition coefficient (Wildman–Crippen LogP) is 3.71. The van der Waals surface area contributed by atoms with E-state index in [4.69, 9.17) is 0 Å². The van der Waals surface area contributed by atoms with Crippen molar-refractivity contribution in [1.29, 1.82) is 0 Å². The summed E-state index contributed by atoms with van der Waals surface area (Å²) in [6.45, 7) is 4.50. The first-order valence-corrected chi connectivity index (χ1v) is 13.6. The molecule has 0 atom stereocenters. The molecule has 176 valence electrons. The zero-order chi connectivity index (χ0) is 23.6. The molecule has 35 heavy (non-hydrogen) atoms. The molecule has 3 aromatic heterocycles. The minimum atomic E-state index is -0.824. The minimum absolute atomic E-state index is 0.228. The molecular formula is C26H26FN7Si. The van der Waals surface area contributed by atoms with Crippen molar-refractivity contribution in [1.82, 2.24) is 35.5 Å². The molecule has 3 saturated carbocycles. The van der Waals surface area contributed by atoms with Gasteiger partial charge in [-0.25, -0.2) is 9.07 Å². The Morgan fingerprint density at radius 1 is 1.14 bits per heavy atom. The molecule has 0 aliphatic heterocycles. The van der Waals surface area contributed by atoms with Crippen LogP contribution in [0, 0.1) is 5.41 Å². The lowest BCUT2D eigenvalue weighted by molar-refractivity contribution is -0.209. The Labute approximate surface area is 204 Å². The summed E-state index contributed by atoms with van der Waals surface area (Å²) in [6, 6.07) is 13.0. The lowest BCUT2D eigenvalue weighted by Crippen LogP contribution is -2.67. The number of rotatable bonds is 8. The van der Waals surface area contributed by atoms with Crippen LogP contribution in [-0.2, 0) is 13.1 Å². The maximum absolute atomic E-state index is 13.7. The molecule has 3 N–H and O–H groups in total. The van der Waals surface area contributed by atoms with Crippen molar-refractivity contribution in [2.75, 3.05) is 6.54 Å². The molecule has 2 radical (unpaired) electrons. The molecular weight excluding hydrogens is 457 g/mol. The van der Waals surface area contributed by atoms with Gasteiger partial charge in [0.1, 0.15) is 11.4 Å². The fourth-order valence-corrected chi connectivity index (χ4v) is 6.61. The summed E-state index contributed by atoms with van der Waals surface area (Å²) in [4.78, 5) is 3.53. The molecule has 0 unspecified atom stereocenters. The summed E-state index contributed by atoms with van der Waals surface area (Å²) in [5.41, 5.74) is 5.78. The van der Waals surface area contributed by atoms with Crippen molar-refractivity contribution in [3.63, 3.8) is 0 Å². The number of hydrogen-bond donors (Lipinski definition) is 3. The number of benzene rings is 2. The van der Waals surface area contributed by atoms with E-state index in [1.165, 1.54) is 10.6 Å². The smallest absolute Gasteiger partial charge is 0.113 e. The second kappa shape index (κ2) is 7.60. The Morgan fingerprint density at radius 3 is 2.86 bits per heavy atom. The lowest BCUT2D eigenvalue weighted by atomic mass is 9.42.